The van der Waals surface area contributed by atoms with E-state index in [2.05, 4.69) is 32.3 Å². The van der Waals surface area contributed by atoms with E-state index in [1.807, 2.05) is 25.1 Å². The first-order valence-corrected chi connectivity index (χ1v) is 11.2. The lowest BCUT2D eigenvalue weighted by Gasteiger charge is -2.09. The average molecular weight is 410 g/mol. The Hall–Kier alpha value is -2.38. The van der Waals surface area contributed by atoms with Gasteiger partial charge in [0.2, 0.25) is 0 Å². The average Bonchev–Trinajstić information content (AvgIpc) is 3.22. The van der Waals surface area contributed by atoms with Gasteiger partial charge in [0.15, 0.2) is 5.16 Å². The Kier molecular flexibility index (Phi) is 4.56. The lowest BCUT2D eigenvalue weighted by atomic mass is 10.1. The minimum absolute atomic E-state index is 0.309. The highest BCUT2D eigenvalue weighted by Crippen LogP contribution is 2.40. The molecule has 0 amide bonds. The Balaban J connectivity index is 1.44. The molecule has 0 bridgehead atoms. The van der Waals surface area contributed by atoms with Crippen molar-refractivity contribution < 1.29 is 4.42 Å². The van der Waals surface area contributed by atoms with E-state index in [1.165, 1.54) is 17.7 Å². The number of rotatable bonds is 6. The summed E-state index contributed by atoms with van der Waals surface area (Å²) in [6.45, 7) is 1.99. The molecule has 0 N–H and O–H groups in total. The van der Waals surface area contributed by atoms with Crippen molar-refractivity contribution >= 4 is 34.1 Å². The van der Waals surface area contributed by atoms with E-state index in [9.17, 15) is 4.79 Å². The molecule has 5 nitrogen and oxygen atoms in total. The third kappa shape index (κ3) is 3.52. The van der Waals surface area contributed by atoms with Crippen molar-refractivity contribution in [3.8, 4) is 0 Å². The van der Waals surface area contributed by atoms with E-state index < -0.39 is 0 Å². The molecule has 0 spiro atoms. The molecular formula is C21H19N3O2S2. The van der Waals surface area contributed by atoms with Gasteiger partial charge in [-0.25, -0.2) is 4.79 Å². The molecule has 0 atom stereocenters. The van der Waals surface area contributed by atoms with Gasteiger partial charge in [0, 0.05) is 34.5 Å². The van der Waals surface area contributed by atoms with Gasteiger partial charge in [0.1, 0.15) is 11.4 Å². The number of thiophene rings is 1. The minimum atomic E-state index is -0.309. The summed E-state index contributed by atoms with van der Waals surface area (Å²) < 4.78 is 7.67. The molecule has 0 saturated heterocycles. The summed E-state index contributed by atoms with van der Waals surface area (Å²) in [4.78, 5) is 13.3. The van der Waals surface area contributed by atoms with Gasteiger partial charge in [-0.2, -0.15) is 0 Å². The summed E-state index contributed by atoms with van der Waals surface area (Å²) in [5.41, 5.74) is 2.38. The second kappa shape index (κ2) is 7.22. The summed E-state index contributed by atoms with van der Waals surface area (Å²) in [6.07, 6.45) is 3.18. The fourth-order valence-corrected chi connectivity index (χ4v) is 5.11. The first-order chi connectivity index (χ1) is 13.7. The molecule has 1 aromatic carbocycles. The normalized spacial score (nSPS) is 14.0. The summed E-state index contributed by atoms with van der Waals surface area (Å²) >= 11 is 3.39. The van der Waals surface area contributed by atoms with Crippen molar-refractivity contribution in [1.82, 2.24) is 14.8 Å². The van der Waals surface area contributed by atoms with Crippen LogP contribution in [0.3, 0.4) is 0 Å². The highest BCUT2D eigenvalue weighted by molar-refractivity contribution is 7.98. The van der Waals surface area contributed by atoms with Crippen LogP contribution < -0.4 is 5.63 Å². The third-order valence-electron chi connectivity index (χ3n) is 4.90. The summed E-state index contributed by atoms with van der Waals surface area (Å²) in [7, 11) is 0. The standard InChI is InChI=1S/C21H19N3O2S2/c1-13-4-7-17-14(10-20(25)26-18(17)9-13)12-28-21-23-22-19(24(21)15-5-6-15)11-16-3-2-8-27-16/h2-4,7-10,15H,5-6,11-12H2,1H3. The topological polar surface area (TPSA) is 60.9 Å². The predicted octanol–water partition coefficient (Wildman–Crippen LogP) is 4.97. The van der Waals surface area contributed by atoms with Crippen molar-refractivity contribution in [2.75, 3.05) is 0 Å². The Bertz CT molecular complexity index is 1190. The molecule has 1 saturated carbocycles. The zero-order valence-electron chi connectivity index (χ0n) is 15.4. The van der Waals surface area contributed by atoms with Crippen LogP contribution in [0.25, 0.3) is 11.0 Å². The molecule has 1 aliphatic rings. The summed E-state index contributed by atoms with van der Waals surface area (Å²) in [5.74, 6) is 1.69. The number of nitrogens with zero attached hydrogens (tertiary/aromatic N) is 3. The predicted molar refractivity (Wildman–Crippen MR) is 112 cm³/mol. The van der Waals surface area contributed by atoms with E-state index in [0.29, 0.717) is 17.4 Å². The van der Waals surface area contributed by atoms with Crippen LogP contribution in [0.1, 0.15) is 40.7 Å². The van der Waals surface area contributed by atoms with Gasteiger partial charge in [-0.1, -0.05) is 30.0 Å². The van der Waals surface area contributed by atoms with E-state index >= 15 is 0 Å². The number of fused-ring (bicyclic) bond motifs is 1. The molecule has 7 heteroatoms. The second-order valence-corrected chi connectivity index (χ2v) is 9.11. The summed E-state index contributed by atoms with van der Waals surface area (Å²) in [5, 5.41) is 13.0. The van der Waals surface area contributed by atoms with Crippen LogP contribution in [0.5, 0.6) is 0 Å². The Labute approximate surface area is 170 Å². The van der Waals surface area contributed by atoms with Gasteiger partial charge in [0.05, 0.1) is 0 Å². The third-order valence-corrected chi connectivity index (χ3v) is 6.77. The first kappa shape index (κ1) is 17.7. The second-order valence-electron chi connectivity index (χ2n) is 7.14. The molecule has 1 fully saturated rings. The van der Waals surface area contributed by atoms with Crippen molar-refractivity contribution in [1.29, 1.82) is 0 Å². The highest BCUT2D eigenvalue weighted by atomic mass is 32.2. The number of hydrogen-bond donors (Lipinski definition) is 0. The van der Waals surface area contributed by atoms with E-state index in [1.54, 1.807) is 29.2 Å². The van der Waals surface area contributed by atoms with Crippen LogP contribution in [-0.2, 0) is 12.2 Å². The Morgan fingerprint density at radius 1 is 1.25 bits per heavy atom. The lowest BCUT2D eigenvalue weighted by Crippen LogP contribution is -2.04. The number of aromatic nitrogens is 3. The van der Waals surface area contributed by atoms with Gasteiger partial charge in [-0.05, 0) is 48.4 Å². The molecule has 1 aliphatic carbocycles. The van der Waals surface area contributed by atoms with Crippen LogP contribution in [0.15, 0.2) is 56.1 Å². The molecule has 0 aliphatic heterocycles. The molecule has 0 unspecified atom stereocenters. The molecule has 3 aromatic heterocycles. The van der Waals surface area contributed by atoms with E-state index in [-0.39, 0.29) is 5.63 Å². The van der Waals surface area contributed by atoms with Crippen molar-refractivity contribution in [2.45, 2.75) is 43.1 Å². The largest absolute Gasteiger partial charge is 0.423 e. The molecule has 0 radical (unpaired) electrons. The van der Waals surface area contributed by atoms with Crippen LogP contribution in [0, 0.1) is 6.92 Å². The van der Waals surface area contributed by atoms with Gasteiger partial charge in [0.25, 0.3) is 0 Å². The van der Waals surface area contributed by atoms with Gasteiger partial charge in [-0.15, -0.1) is 21.5 Å². The van der Waals surface area contributed by atoms with Crippen molar-refractivity contribution in [2.24, 2.45) is 0 Å². The van der Waals surface area contributed by atoms with Crippen molar-refractivity contribution in [3.63, 3.8) is 0 Å². The molecule has 142 valence electrons. The monoisotopic (exact) mass is 409 g/mol. The first-order valence-electron chi connectivity index (χ1n) is 9.30. The molecule has 28 heavy (non-hydrogen) atoms. The van der Waals surface area contributed by atoms with E-state index in [4.69, 9.17) is 4.42 Å². The lowest BCUT2D eigenvalue weighted by molar-refractivity contribution is 0.559. The Morgan fingerprint density at radius 2 is 2.14 bits per heavy atom. The smallest absolute Gasteiger partial charge is 0.336 e. The highest BCUT2D eigenvalue weighted by Gasteiger charge is 2.29. The SMILES string of the molecule is Cc1ccc2c(CSc3nnc(Cc4cccs4)n3C3CC3)cc(=O)oc2c1. The van der Waals surface area contributed by atoms with Crippen LogP contribution in [0.2, 0.25) is 0 Å². The fraction of sp³-hybridized carbons (Fsp3) is 0.286. The Morgan fingerprint density at radius 3 is 2.93 bits per heavy atom. The zero-order chi connectivity index (χ0) is 19.1. The van der Waals surface area contributed by atoms with Gasteiger partial charge < -0.3 is 8.98 Å². The maximum atomic E-state index is 12.0. The molecule has 3 heterocycles. The van der Waals surface area contributed by atoms with Gasteiger partial charge in [-0.3, -0.25) is 0 Å². The van der Waals surface area contributed by atoms with Crippen LogP contribution in [0.4, 0.5) is 0 Å². The maximum absolute atomic E-state index is 12.0. The number of aryl methyl sites for hydroxylation is 1. The fourth-order valence-electron chi connectivity index (χ4n) is 3.39. The molecule has 4 aromatic rings. The number of benzene rings is 1. The number of thioether (sulfide) groups is 1. The zero-order valence-corrected chi connectivity index (χ0v) is 17.1. The summed E-state index contributed by atoms with van der Waals surface area (Å²) in [6, 6.07) is 12.3. The molecule has 5 rings (SSSR count). The van der Waals surface area contributed by atoms with E-state index in [0.717, 1.165) is 33.9 Å². The minimum Gasteiger partial charge on any atom is -0.423 e. The number of hydrogen-bond acceptors (Lipinski definition) is 6. The van der Waals surface area contributed by atoms with Crippen LogP contribution in [-0.4, -0.2) is 14.8 Å². The van der Waals surface area contributed by atoms with Crippen molar-refractivity contribution in [3.05, 3.63) is 74.0 Å². The molecular weight excluding hydrogens is 390 g/mol. The maximum Gasteiger partial charge on any atom is 0.336 e. The van der Waals surface area contributed by atoms with Crippen LogP contribution >= 0.6 is 23.1 Å². The van der Waals surface area contributed by atoms with Gasteiger partial charge >= 0.3 is 5.63 Å². The quantitative estimate of drug-likeness (QED) is 0.332.